The zero-order valence-corrected chi connectivity index (χ0v) is 16.2. The summed E-state index contributed by atoms with van der Waals surface area (Å²) in [7, 11) is 0. The van der Waals surface area contributed by atoms with Crippen LogP contribution in [-0.2, 0) is 24.2 Å². The molecule has 9 heteroatoms. The van der Waals surface area contributed by atoms with Crippen LogP contribution in [0.1, 0.15) is 32.1 Å². The van der Waals surface area contributed by atoms with E-state index < -0.39 is 0 Å². The van der Waals surface area contributed by atoms with Crippen molar-refractivity contribution in [3.63, 3.8) is 0 Å². The van der Waals surface area contributed by atoms with Gasteiger partial charge in [-0.3, -0.25) is 19.3 Å². The normalized spacial score (nSPS) is 12.9. The van der Waals surface area contributed by atoms with E-state index in [4.69, 9.17) is 0 Å². The number of carbonyl (C=O) groups excluding carboxylic acids is 3. The second-order valence-electron chi connectivity index (χ2n) is 6.88. The molecule has 1 aliphatic heterocycles. The van der Waals surface area contributed by atoms with Crippen molar-refractivity contribution in [2.45, 2.75) is 19.4 Å². The molecule has 0 atom stereocenters. The van der Waals surface area contributed by atoms with Crippen LogP contribution >= 0.6 is 0 Å². The number of amides is 3. The van der Waals surface area contributed by atoms with E-state index in [9.17, 15) is 14.4 Å². The molecule has 1 N–H and O–H groups in total. The Hall–Kier alpha value is -3.88. The van der Waals surface area contributed by atoms with Crippen molar-refractivity contribution in [2.75, 3.05) is 13.1 Å². The summed E-state index contributed by atoms with van der Waals surface area (Å²) >= 11 is 0. The lowest BCUT2D eigenvalue weighted by atomic mass is 10.1. The number of nitrogens with one attached hydrogen (secondary N) is 1. The SMILES string of the molecule is O=C(Cn1nnc(CCN2C(=O)c3ccccc3C2=O)n1)NCCc1ccccc1. The maximum absolute atomic E-state index is 12.4. The molecule has 4 rings (SSSR count). The van der Waals surface area contributed by atoms with Crippen LogP contribution in [-0.4, -0.2) is 55.9 Å². The van der Waals surface area contributed by atoms with Gasteiger partial charge in [0.2, 0.25) is 5.91 Å². The van der Waals surface area contributed by atoms with Crippen LogP contribution in [0, 0.1) is 0 Å². The lowest BCUT2D eigenvalue weighted by molar-refractivity contribution is -0.122. The first-order chi connectivity index (χ1) is 14.6. The molecule has 9 nitrogen and oxygen atoms in total. The zero-order valence-electron chi connectivity index (χ0n) is 16.2. The highest BCUT2D eigenvalue weighted by Crippen LogP contribution is 2.22. The molecule has 0 radical (unpaired) electrons. The smallest absolute Gasteiger partial charge is 0.261 e. The predicted molar refractivity (Wildman–Crippen MR) is 106 cm³/mol. The standard InChI is InChI=1S/C21H20N6O3/c28-19(22-12-10-15-6-2-1-3-7-15)14-27-24-18(23-25-27)11-13-26-20(29)16-8-4-5-9-17(16)21(26)30/h1-9H,10-14H2,(H,22,28). The average molecular weight is 404 g/mol. The maximum atomic E-state index is 12.4. The largest absolute Gasteiger partial charge is 0.354 e. The van der Waals surface area contributed by atoms with Gasteiger partial charge in [-0.15, -0.1) is 10.2 Å². The number of fused-ring (bicyclic) bond motifs is 1. The third kappa shape index (κ3) is 4.24. The van der Waals surface area contributed by atoms with Gasteiger partial charge in [0, 0.05) is 19.5 Å². The van der Waals surface area contributed by atoms with E-state index in [1.807, 2.05) is 30.3 Å². The van der Waals surface area contributed by atoms with Crippen LogP contribution in [0.25, 0.3) is 0 Å². The van der Waals surface area contributed by atoms with Crippen molar-refractivity contribution >= 4 is 17.7 Å². The van der Waals surface area contributed by atoms with Gasteiger partial charge in [0.15, 0.2) is 5.82 Å². The van der Waals surface area contributed by atoms with Crippen molar-refractivity contribution in [3.05, 3.63) is 77.1 Å². The van der Waals surface area contributed by atoms with Crippen molar-refractivity contribution in [3.8, 4) is 0 Å². The zero-order chi connectivity index (χ0) is 20.9. The van der Waals surface area contributed by atoms with E-state index in [-0.39, 0.29) is 37.2 Å². The van der Waals surface area contributed by atoms with Gasteiger partial charge >= 0.3 is 0 Å². The van der Waals surface area contributed by atoms with Crippen molar-refractivity contribution in [1.82, 2.24) is 30.4 Å². The summed E-state index contributed by atoms with van der Waals surface area (Å²) in [5, 5.41) is 14.8. The number of carbonyl (C=O) groups is 3. The van der Waals surface area contributed by atoms with Crippen LogP contribution in [0.15, 0.2) is 54.6 Å². The highest BCUT2D eigenvalue weighted by molar-refractivity contribution is 6.21. The fourth-order valence-electron chi connectivity index (χ4n) is 3.27. The second-order valence-corrected chi connectivity index (χ2v) is 6.88. The molecule has 0 fully saturated rings. The van der Waals surface area contributed by atoms with Gasteiger partial charge in [0.1, 0.15) is 6.54 Å². The summed E-state index contributed by atoms with van der Waals surface area (Å²) in [5.74, 6) is -0.486. The first-order valence-electron chi connectivity index (χ1n) is 9.64. The number of nitrogens with zero attached hydrogens (tertiary/aromatic N) is 5. The average Bonchev–Trinajstić information content (AvgIpc) is 3.30. The summed E-state index contributed by atoms with van der Waals surface area (Å²) in [6, 6.07) is 16.6. The number of rotatable bonds is 8. The number of hydrogen-bond donors (Lipinski definition) is 1. The van der Waals surface area contributed by atoms with Crippen molar-refractivity contribution in [1.29, 1.82) is 0 Å². The number of aromatic nitrogens is 4. The molecule has 30 heavy (non-hydrogen) atoms. The van der Waals surface area contributed by atoms with Crippen LogP contribution in [0.5, 0.6) is 0 Å². The van der Waals surface area contributed by atoms with Gasteiger partial charge in [-0.25, -0.2) is 0 Å². The second kappa shape index (κ2) is 8.64. The first kappa shape index (κ1) is 19.4. The van der Waals surface area contributed by atoms with E-state index >= 15 is 0 Å². The van der Waals surface area contributed by atoms with E-state index in [0.29, 0.717) is 23.5 Å². The fraction of sp³-hybridized carbons (Fsp3) is 0.238. The molecule has 0 spiro atoms. The third-order valence-electron chi connectivity index (χ3n) is 4.80. The highest BCUT2D eigenvalue weighted by Gasteiger charge is 2.34. The Labute approximate surface area is 172 Å². The molecule has 2 heterocycles. The van der Waals surface area contributed by atoms with E-state index in [0.717, 1.165) is 12.0 Å². The Morgan fingerprint density at radius 1 is 0.900 bits per heavy atom. The number of hydrogen-bond acceptors (Lipinski definition) is 6. The molecule has 0 bridgehead atoms. The number of tetrazole rings is 1. The molecule has 0 saturated carbocycles. The lowest BCUT2D eigenvalue weighted by Crippen LogP contribution is -2.32. The monoisotopic (exact) mass is 404 g/mol. The van der Waals surface area contributed by atoms with Crippen LogP contribution in [0.2, 0.25) is 0 Å². The lowest BCUT2D eigenvalue weighted by Gasteiger charge is -2.11. The molecule has 3 amide bonds. The summed E-state index contributed by atoms with van der Waals surface area (Å²) in [4.78, 5) is 39.2. The van der Waals surface area contributed by atoms with E-state index in [2.05, 4.69) is 20.7 Å². The molecule has 0 aliphatic carbocycles. The van der Waals surface area contributed by atoms with Crippen LogP contribution < -0.4 is 5.32 Å². The number of imide groups is 1. The van der Waals surface area contributed by atoms with Crippen molar-refractivity contribution < 1.29 is 14.4 Å². The molecule has 0 saturated heterocycles. The van der Waals surface area contributed by atoms with E-state index in [1.54, 1.807) is 24.3 Å². The van der Waals surface area contributed by atoms with E-state index in [1.165, 1.54) is 9.70 Å². The molecule has 152 valence electrons. The van der Waals surface area contributed by atoms with Gasteiger partial charge < -0.3 is 5.32 Å². The topological polar surface area (TPSA) is 110 Å². The van der Waals surface area contributed by atoms with Gasteiger partial charge in [0.05, 0.1) is 11.1 Å². The summed E-state index contributed by atoms with van der Waals surface area (Å²) in [6.07, 6.45) is 1.00. The minimum Gasteiger partial charge on any atom is -0.354 e. The van der Waals surface area contributed by atoms with Crippen molar-refractivity contribution in [2.24, 2.45) is 0 Å². The number of benzene rings is 2. The Morgan fingerprint density at radius 3 is 2.27 bits per heavy atom. The van der Waals surface area contributed by atoms with Gasteiger partial charge in [-0.05, 0) is 29.3 Å². The predicted octanol–water partition coefficient (Wildman–Crippen LogP) is 0.871. The minimum atomic E-state index is -0.319. The first-order valence-corrected chi connectivity index (χ1v) is 9.64. The molecule has 1 aliphatic rings. The summed E-state index contributed by atoms with van der Waals surface area (Å²) in [6.45, 7) is 0.625. The maximum Gasteiger partial charge on any atom is 0.261 e. The van der Waals surface area contributed by atoms with Gasteiger partial charge in [-0.2, -0.15) is 4.80 Å². The Bertz CT molecular complexity index is 1040. The van der Waals surface area contributed by atoms with Gasteiger partial charge in [-0.1, -0.05) is 42.5 Å². The summed E-state index contributed by atoms with van der Waals surface area (Å²) < 4.78 is 0. The molecular formula is C21H20N6O3. The molecular weight excluding hydrogens is 384 g/mol. The van der Waals surface area contributed by atoms with Gasteiger partial charge in [0.25, 0.3) is 11.8 Å². The minimum absolute atomic E-state index is 0.0468. The molecule has 1 aromatic heterocycles. The highest BCUT2D eigenvalue weighted by atomic mass is 16.2. The Balaban J connectivity index is 1.25. The Morgan fingerprint density at radius 2 is 1.57 bits per heavy atom. The summed E-state index contributed by atoms with van der Waals surface area (Å²) in [5.41, 5.74) is 1.96. The molecule has 3 aromatic rings. The van der Waals surface area contributed by atoms with Crippen LogP contribution in [0.4, 0.5) is 0 Å². The fourth-order valence-corrected chi connectivity index (χ4v) is 3.27. The Kier molecular flexibility index (Phi) is 5.60. The molecule has 0 unspecified atom stereocenters. The van der Waals surface area contributed by atoms with Crippen LogP contribution in [0.3, 0.4) is 0 Å². The third-order valence-corrected chi connectivity index (χ3v) is 4.80. The molecule has 2 aromatic carbocycles. The quantitative estimate of drug-likeness (QED) is 0.558.